The summed E-state index contributed by atoms with van der Waals surface area (Å²) in [6, 6.07) is 8.83. The van der Waals surface area contributed by atoms with Crippen LogP contribution in [0.25, 0.3) is 0 Å². The number of hydrogen-bond acceptors (Lipinski definition) is 2. The first-order chi connectivity index (χ1) is 9.76. The van der Waals surface area contributed by atoms with E-state index >= 15 is 0 Å². The maximum Gasteiger partial charge on any atom is 0.325 e. The average molecular weight is 331 g/mol. The van der Waals surface area contributed by atoms with Crippen LogP contribution in [0.5, 0.6) is 0 Å². The third-order valence-corrected chi connectivity index (χ3v) is 4.29. The van der Waals surface area contributed by atoms with Crippen molar-refractivity contribution >= 4 is 29.3 Å². The fourth-order valence-electron chi connectivity index (χ4n) is 2.11. The molecule has 0 fully saturated rings. The van der Waals surface area contributed by atoms with Crippen LogP contribution in [0.2, 0.25) is 0 Å². The Labute approximate surface area is 139 Å². The number of hydrazine groups is 1. The summed E-state index contributed by atoms with van der Waals surface area (Å²) in [6.45, 7) is 2.26. The Balaban J connectivity index is 0.00000400. The fraction of sp³-hybridized carbons (Fsp3) is 0.562. The van der Waals surface area contributed by atoms with Gasteiger partial charge >= 0.3 is 5.17 Å². The number of hydrogen-bond donors (Lipinski definition) is 3. The fourth-order valence-corrected chi connectivity index (χ4v) is 2.71. The number of amidine groups is 1. The molecule has 0 atom stereocenters. The molecule has 0 aliphatic carbocycles. The molecule has 0 heterocycles. The van der Waals surface area contributed by atoms with Crippen LogP contribution in [0, 0.1) is 0 Å². The predicted octanol–water partition coefficient (Wildman–Crippen LogP) is 2.51. The molecule has 0 aliphatic heterocycles. The van der Waals surface area contributed by atoms with Gasteiger partial charge in [-0.3, -0.25) is 11.6 Å². The van der Waals surface area contributed by atoms with E-state index in [-0.39, 0.29) is 12.4 Å². The molecule has 3 nitrogen and oxygen atoms in total. The standard InChI is InChI=1S/C16H27N3S.ClH/c1-2-3-4-5-6-7-8-14-9-11-15(12-10-14)13-20-16(17)19-18;/h9-12H,2-8,13,18H2,1H3,(H2,17,19);1H/p+1. The molecule has 0 saturated carbocycles. The van der Waals surface area contributed by atoms with Gasteiger partial charge in [0.1, 0.15) is 0 Å². The van der Waals surface area contributed by atoms with Crippen LogP contribution >= 0.6 is 24.2 Å². The van der Waals surface area contributed by atoms with E-state index in [4.69, 9.17) is 11.6 Å². The molecule has 1 rings (SSSR count). The second-order valence-corrected chi connectivity index (χ2v) is 6.15. The number of unbranched alkanes of at least 4 members (excludes halogenated alkanes) is 5. The number of aryl methyl sites for hydroxylation is 1. The van der Waals surface area contributed by atoms with E-state index in [1.807, 2.05) is 0 Å². The van der Waals surface area contributed by atoms with Crippen LogP contribution in [0.15, 0.2) is 24.3 Å². The third-order valence-electron chi connectivity index (χ3n) is 3.38. The van der Waals surface area contributed by atoms with Gasteiger partial charge in [0.15, 0.2) is 0 Å². The molecule has 21 heavy (non-hydrogen) atoms. The summed E-state index contributed by atoms with van der Waals surface area (Å²) in [4.78, 5) is 0. The number of rotatable bonds is 9. The number of halogens is 1. The van der Waals surface area contributed by atoms with Gasteiger partial charge in [-0.1, -0.05) is 63.3 Å². The summed E-state index contributed by atoms with van der Waals surface area (Å²) in [5.74, 6) is 6.08. The van der Waals surface area contributed by atoms with Crippen molar-refractivity contribution in [1.82, 2.24) is 0 Å². The summed E-state index contributed by atoms with van der Waals surface area (Å²) < 4.78 is 0. The Morgan fingerprint density at radius 2 is 1.57 bits per heavy atom. The Bertz CT molecular complexity index is 393. The summed E-state index contributed by atoms with van der Waals surface area (Å²) in [6.07, 6.45) is 9.31. The molecular formula is C16H29ClN3S+. The Hall–Kier alpha value is -0.870. The molecule has 0 radical (unpaired) electrons. The quantitative estimate of drug-likeness (QED) is 0.214. The summed E-state index contributed by atoms with van der Waals surface area (Å²) in [5, 5.41) is 3.01. The largest absolute Gasteiger partial charge is 0.325 e. The van der Waals surface area contributed by atoms with Gasteiger partial charge in [0.25, 0.3) is 0 Å². The lowest BCUT2D eigenvalue weighted by Gasteiger charge is -2.04. The molecule has 0 aliphatic rings. The van der Waals surface area contributed by atoms with Crippen molar-refractivity contribution in [2.24, 2.45) is 11.6 Å². The van der Waals surface area contributed by atoms with Gasteiger partial charge in [-0.15, -0.1) is 12.4 Å². The Kier molecular flexibility index (Phi) is 12.3. The van der Waals surface area contributed by atoms with Gasteiger partial charge in [0.05, 0.1) is 0 Å². The highest BCUT2D eigenvalue weighted by atomic mass is 35.5. The summed E-state index contributed by atoms with van der Waals surface area (Å²) in [7, 11) is 0. The third kappa shape index (κ3) is 9.64. The molecule has 0 bridgehead atoms. The van der Waals surface area contributed by atoms with E-state index in [1.165, 1.54) is 67.8 Å². The molecule has 5 heteroatoms. The zero-order valence-electron chi connectivity index (χ0n) is 12.9. The van der Waals surface area contributed by atoms with Gasteiger partial charge < -0.3 is 0 Å². The van der Waals surface area contributed by atoms with E-state index < -0.39 is 0 Å². The first kappa shape index (κ1) is 20.1. The van der Waals surface area contributed by atoms with Crippen LogP contribution in [0.4, 0.5) is 0 Å². The summed E-state index contributed by atoms with van der Waals surface area (Å²) in [5.41, 5.74) is 8.32. The minimum absolute atomic E-state index is 0. The van der Waals surface area contributed by atoms with E-state index in [0.717, 1.165) is 5.75 Å². The van der Waals surface area contributed by atoms with Crippen molar-refractivity contribution < 1.29 is 5.10 Å². The lowest BCUT2D eigenvalue weighted by Crippen LogP contribution is -2.81. The van der Waals surface area contributed by atoms with Crippen molar-refractivity contribution in [3.8, 4) is 0 Å². The van der Waals surface area contributed by atoms with Gasteiger partial charge in [-0.05, 0) is 35.7 Å². The molecule has 0 unspecified atom stereocenters. The lowest BCUT2D eigenvalue weighted by atomic mass is 10.0. The number of thioether (sulfide) groups is 1. The normalized spacial score (nSPS) is 11.2. The molecule has 0 aromatic heterocycles. The van der Waals surface area contributed by atoms with Crippen LogP contribution in [-0.2, 0) is 12.2 Å². The summed E-state index contributed by atoms with van der Waals surface area (Å²) >= 11 is 1.52. The van der Waals surface area contributed by atoms with Crippen molar-refractivity contribution in [3.05, 3.63) is 35.4 Å². The van der Waals surface area contributed by atoms with Crippen molar-refractivity contribution in [2.45, 2.75) is 57.6 Å². The first-order valence-corrected chi connectivity index (χ1v) is 8.54. The minimum atomic E-state index is 0. The van der Waals surface area contributed by atoms with Gasteiger partial charge in [-0.2, -0.15) is 5.10 Å². The molecule has 0 amide bonds. The SMILES string of the molecule is CCCCCCCCc1ccc(CSC(N)=[NH+]N)cc1.Cl. The number of nitrogens with two attached hydrogens (primary N) is 2. The minimum Gasteiger partial charge on any atom is -0.280 e. The van der Waals surface area contributed by atoms with E-state index in [1.54, 1.807) is 0 Å². The van der Waals surface area contributed by atoms with E-state index in [9.17, 15) is 0 Å². The van der Waals surface area contributed by atoms with Gasteiger partial charge in [0.2, 0.25) is 0 Å². The van der Waals surface area contributed by atoms with Gasteiger partial charge in [-0.25, -0.2) is 0 Å². The highest BCUT2D eigenvalue weighted by molar-refractivity contribution is 8.12. The van der Waals surface area contributed by atoms with Gasteiger partial charge in [0, 0.05) is 5.75 Å². The molecule has 1 aromatic carbocycles. The second-order valence-electron chi connectivity index (χ2n) is 5.13. The average Bonchev–Trinajstić information content (AvgIpc) is 2.49. The van der Waals surface area contributed by atoms with Crippen LogP contribution in [0.1, 0.15) is 56.6 Å². The van der Waals surface area contributed by atoms with Crippen molar-refractivity contribution in [1.29, 1.82) is 0 Å². The topological polar surface area (TPSA) is 66.0 Å². The molecular weight excluding hydrogens is 302 g/mol. The monoisotopic (exact) mass is 330 g/mol. The molecule has 0 spiro atoms. The number of benzene rings is 1. The van der Waals surface area contributed by atoms with E-state index in [0.29, 0.717) is 5.17 Å². The maximum absolute atomic E-state index is 5.61. The molecule has 0 saturated heterocycles. The van der Waals surface area contributed by atoms with Crippen molar-refractivity contribution in [2.75, 3.05) is 0 Å². The molecule has 5 N–H and O–H groups in total. The smallest absolute Gasteiger partial charge is 0.280 e. The Morgan fingerprint density at radius 3 is 2.19 bits per heavy atom. The zero-order valence-corrected chi connectivity index (χ0v) is 14.6. The van der Waals surface area contributed by atoms with Crippen LogP contribution in [0.3, 0.4) is 0 Å². The second kappa shape index (κ2) is 12.8. The predicted molar refractivity (Wildman–Crippen MR) is 96.4 cm³/mol. The highest BCUT2D eigenvalue weighted by Gasteiger charge is 2.01. The maximum atomic E-state index is 5.61. The van der Waals surface area contributed by atoms with Crippen LogP contribution in [-0.4, -0.2) is 5.17 Å². The first-order valence-electron chi connectivity index (χ1n) is 7.56. The van der Waals surface area contributed by atoms with E-state index in [2.05, 4.69) is 36.3 Å². The molecule has 1 aromatic rings. The molecule has 120 valence electrons. The van der Waals surface area contributed by atoms with Crippen molar-refractivity contribution in [3.63, 3.8) is 0 Å². The highest BCUT2D eigenvalue weighted by Crippen LogP contribution is 2.14. The number of hydrazone groups is 1. The van der Waals surface area contributed by atoms with Crippen LogP contribution < -0.4 is 16.7 Å². The lowest BCUT2D eigenvalue weighted by molar-refractivity contribution is -0.467. The number of nitrogens with one attached hydrogen (secondary N) is 1. The Morgan fingerprint density at radius 1 is 1.00 bits per heavy atom. The zero-order chi connectivity index (χ0) is 14.6.